The van der Waals surface area contributed by atoms with Crippen molar-refractivity contribution in [1.82, 2.24) is 0 Å². The van der Waals surface area contributed by atoms with E-state index in [0.29, 0.717) is 0 Å². The first kappa shape index (κ1) is 19.3. The van der Waals surface area contributed by atoms with E-state index in [1.54, 1.807) is 0 Å². The number of benzene rings is 2. The van der Waals surface area contributed by atoms with Gasteiger partial charge in [0.05, 0.1) is 15.1 Å². The third kappa shape index (κ3) is 6.08. The standard InChI is InChI=1S/C16H11Cl3FNO4/c17-11-5-13(19)14(6-12(11)18)24-8-16(23)25-7-15(22)21-10-3-1-2-9(20)4-10/h1-6H,7-8H2,(H,21,22). The lowest BCUT2D eigenvalue weighted by Gasteiger charge is -2.09. The smallest absolute Gasteiger partial charge is 0.344 e. The number of hydrogen-bond acceptors (Lipinski definition) is 4. The van der Waals surface area contributed by atoms with Gasteiger partial charge in [-0.15, -0.1) is 0 Å². The van der Waals surface area contributed by atoms with Crippen molar-refractivity contribution in [2.75, 3.05) is 18.5 Å². The molecule has 0 saturated carbocycles. The number of esters is 1. The molecule has 0 spiro atoms. The van der Waals surface area contributed by atoms with E-state index >= 15 is 0 Å². The zero-order valence-electron chi connectivity index (χ0n) is 12.5. The number of hydrogen-bond donors (Lipinski definition) is 1. The summed E-state index contributed by atoms with van der Waals surface area (Å²) < 4.78 is 22.9. The van der Waals surface area contributed by atoms with E-state index in [-0.39, 0.29) is 26.5 Å². The normalized spacial score (nSPS) is 10.2. The first-order chi connectivity index (χ1) is 11.8. The van der Waals surface area contributed by atoms with Crippen LogP contribution < -0.4 is 10.1 Å². The van der Waals surface area contributed by atoms with Crippen LogP contribution in [0.5, 0.6) is 5.75 Å². The first-order valence-electron chi connectivity index (χ1n) is 6.83. The van der Waals surface area contributed by atoms with Gasteiger partial charge < -0.3 is 14.8 Å². The molecule has 0 aromatic heterocycles. The van der Waals surface area contributed by atoms with Gasteiger partial charge in [-0.25, -0.2) is 9.18 Å². The molecule has 0 bridgehead atoms. The van der Waals surface area contributed by atoms with Crippen molar-refractivity contribution in [2.24, 2.45) is 0 Å². The van der Waals surface area contributed by atoms with Gasteiger partial charge in [-0.3, -0.25) is 4.79 Å². The molecular formula is C16H11Cl3FNO4. The molecule has 25 heavy (non-hydrogen) atoms. The van der Waals surface area contributed by atoms with Crippen molar-refractivity contribution in [3.63, 3.8) is 0 Å². The number of carbonyl (C=O) groups excluding carboxylic acids is 2. The molecule has 0 unspecified atom stereocenters. The maximum Gasteiger partial charge on any atom is 0.344 e. The van der Waals surface area contributed by atoms with E-state index in [1.807, 2.05) is 0 Å². The monoisotopic (exact) mass is 405 g/mol. The highest BCUT2D eigenvalue weighted by atomic mass is 35.5. The van der Waals surface area contributed by atoms with Gasteiger partial charge in [0.25, 0.3) is 5.91 Å². The molecule has 0 radical (unpaired) electrons. The average molecular weight is 407 g/mol. The number of carbonyl (C=O) groups is 2. The Morgan fingerprint density at radius 1 is 1.00 bits per heavy atom. The fourth-order valence-corrected chi connectivity index (χ4v) is 2.29. The SMILES string of the molecule is O=C(COC(=O)COc1cc(Cl)c(Cl)cc1Cl)Nc1cccc(F)c1. The van der Waals surface area contributed by atoms with E-state index in [2.05, 4.69) is 5.32 Å². The minimum absolute atomic E-state index is 0.150. The fraction of sp³-hybridized carbons (Fsp3) is 0.125. The fourth-order valence-electron chi connectivity index (χ4n) is 1.70. The van der Waals surface area contributed by atoms with E-state index in [0.717, 1.165) is 6.07 Å². The van der Waals surface area contributed by atoms with E-state index in [1.165, 1.54) is 30.3 Å². The topological polar surface area (TPSA) is 64.6 Å². The van der Waals surface area contributed by atoms with Crippen LogP contribution in [0.4, 0.5) is 10.1 Å². The number of rotatable bonds is 6. The molecule has 0 aliphatic rings. The van der Waals surface area contributed by atoms with Crippen LogP contribution in [0.1, 0.15) is 0 Å². The minimum atomic E-state index is -0.795. The Kier molecular flexibility index (Phi) is 6.87. The molecule has 0 heterocycles. The van der Waals surface area contributed by atoms with Crippen LogP contribution in [0.25, 0.3) is 0 Å². The number of amides is 1. The molecule has 2 aromatic carbocycles. The van der Waals surface area contributed by atoms with Crippen LogP contribution in [0.3, 0.4) is 0 Å². The second-order valence-corrected chi connectivity index (χ2v) is 5.93. The molecule has 2 aromatic rings. The molecule has 0 saturated heterocycles. The highest BCUT2D eigenvalue weighted by Crippen LogP contribution is 2.33. The number of halogens is 4. The molecular weight excluding hydrogens is 396 g/mol. The molecule has 0 aliphatic carbocycles. The molecule has 2 rings (SSSR count). The van der Waals surface area contributed by atoms with Crippen molar-refractivity contribution < 1.29 is 23.5 Å². The Balaban J connectivity index is 1.79. The molecule has 1 amide bonds. The largest absolute Gasteiger partial charge is 0.480 e. The Morgan fingerprint density at radius 2 is 1.72 bits per heavy atom. The molecule has 9 heteroatoms. The zero-order chi connectivity index (χ0) is 18.4. The Hall–Kier alpha value is -2.02. The zero-order valence-corrected chi connectivity index (χ0v) is 14.8. The molecule has 0 atom stereocenters. The summed E-state index contributed by atoms with van der Waals surface area (Å²) in [5.41, 5.74) is 0.250. The van der Waals surface area contributed by atoms with Gasteiger partial charge >= 0.3 is 5.97 Å². The molecule has 0 fully saturated rings. The predicted molar refractivity (Wildman–Crippen MR) is 93.0 cm³/mol. The summed E-state index contributed by atoms with van der Waals surface area (Å²) in [6.07, 6.45) is 0. The summed E-state index contributed by atoms with van der Waals surface area (Å²) in [6, 6.07) is 8.04. The summed E-state index contributed by atoms with van der Waals surface area (Å²) in [5.74, 6) is -1.76. The van der Waals surface area contributed by atoms with Gasteiger partial charge in [0.2, 0.25) is 0 Å². The van der Waals surface area contributed by atoms with Crippen LogP contribution in [0, 0.1) is 5.82 Å². The van der Waals surface area contributed by atoms with E-state index in [4.69, 9.17) is 44.3 Å². The summed E-state index contributed by atoms with van der Waals surface area (Å²) >= 11 is 17.5. The third-order valence-electron chi connectivity index (χ3n) is 2.79. The Bertz CT molecular complexity index is 801. The Morgan fingerprint density at radius 3 is 2.44 bits per heavy atom. The lowest BCUT2D eigenvalue weighted by molar-refractivity contribution is -0.149. The van der Waals surface area contributed by atoms with Crippen LogP contribution in [0.15, 0.2) is 36.4 Å². The van der Waals surface area contributed by atoms with Crippen molar-refractivity contribution in [3.05, 3.63) is 57.3 Å². The number of nitrogens with one attached hydrogen (secondary N) is 1. The first-order valence-corrected chi connectivity index (χ1v) is 7.97. The highest BCUT2D eigenvalue weighted by molar-refractivity contribution is 6.43. The van der Waals surface area contributed by atoms with Crippen LogP contribution in [0.2, 0.25) is 15.1 Å². The van der Waals surface area contributed by atoms with Gasteiger partial charge in [-0.2, -0.15) is 0 Å². The van der Waals surface area contributed by atoms with Crippen molar-refractivity contribution >= 4 is 52.4 Å². The summed E-state index contributed by atoms with van der Waals surface area (Å²) in [5, 5.41) is 3.01. The minimum Gasteiger partial charge on any atom is -0.480 e. The summed E-state index contributed by atoms with van der Waals surface area (Å²) in [7, 11) is 0. The van der Waals surface area contributed by atoms with Gasteiger partial charge in [-0.05, 0) is 24.3 Å². The van der Waals surface area contributed by atoms with E-state index < -0.39 is 30.9 Å². The molecule has 0 aliphatic heterocycles. The number of ether oxygens (including phenoxy) is 2. The lowest BCUT2D eigenvalue weighted by Crippen LogP contribution is -2.23. The second-order valence-electron chi connectivity index (χ2n) is 4.70. The molecule has 1 N–H and O–H groups in total. The quantitative estimate of drug-likeness (QED) is 0.572. The van der Waals surface area contributed by atoms with Gasteiger partial charge in [0.1, 0.15) is 11.6 Å². The molecule has 132 valence electrons. The summed E-state index contributed by atoms with van der Waals surface area (Å²) in [6.45, 7) is -1.03. The second kappa shape index (κ2) is 8.89. The highest BCUT2D eigenvalue weighted by Gasteiger charge is 2.12. The lowest BCUT2D eigenvalue weighted by atomic mass is 10.3. The van der Waals surface area contributed by atoms with Gasteiger partial charge in [0.15, 0.2) is 13.2 Å². The number of anilines is 1. The maximum absolute atomic E-state index is 13.0. The Labute approximate surface area is 157 Å². The van der Waals surface area contributed by atoms with Crippen molar-refractivity contribution in [3.8, 4) is 5.75 Å². The van der Waals surface area contributed by atoms with Crippen LogP contribution in [-0.2, 0) is 14.3 Å². The average Bonchev–Trinajstić information content (AvgIpc) is 2.55. The van der Waals surface area contributed by atoms with E-state index in [9.17, 15) is 14.0 Å². The third-order valence-corrected chi connectivity index (χ3v) is 3.81. The maximum atomic E-state index is 13.0. The van der Waals surface area contributed by atoms with Crippen LogP contribution in [-0.4, -0.2) is 25.1 Å². The van der Waals surface area contributed by atoms with Crippen LogP contribution >= 0.6 is 34.8 Å². The predicted octanol–water partition coefficient (Wildman–Crippen LogP) is 4.35. The summed E-state index contributed by atoms with van der Waals surface area (Å²) in [4.78, 5) is 23.2. The van der Waals surface area contributed by atoms with Gasteiger partial charge in [-0.1, -0.05) is 40.9 Å². The van der Waals surface area contributed by atoms with Gasteiger partial charge in [0, 0.05) is 11.8 Å². The van der Waals surface area contributed by atoms with Crippen molar-refractivity contribution in [2.45, 2.75) is 0 Å². The molecule has 5 nitrogen and oxygen atoms in total. The van der Waals surface area contributed by atoms with Crippen molar-refractivity contribution in [1.29, 1.82) is 0 Å².